The lowest BCUT2D eigenvalue weighted by molar-refractivity contribution is 0.102. The van der Waals surface area contributed by atoms with Crippen molar-refractivity contribution in [1.82, 2.24) is 4.98 Å². The van der Waals surface area contributed by atoms with Crippen LogP contribution in [0.2, 0.25) is 0 Å². The van der Waals surface area contributed by atoms with E-state index in [9.17, 15) is 13.6 Å². The van der Waals surface area contributed by atoms with Crippen molar-refractivity contribution in [3.05, 3.63) is 40.4 Å². The van der Waals surface area contributed by atoms with Crippen LogP contribution in [0, 0.1) is 18.6 Å². The summed E-state index contributed by atoms with van der Waals surface area (Å²) in [5, 5.41) is 3.77. The van der Waals surface area contributed by atoms with Gasteiger partial charge in [-0.15, -0.1) is 11.3 Å². The quantitative estimate of drug-likeness (QED) is 0.880. The van der Waals surface area contributed by atoms with E-state index in [1.54, 1.807) is 0 Å². The van der Waals surface area contributed by atoms with Gasteiger partial charge in [0.15, 0.2) is 10.9 Å². The molecule has 4 nitrogen and oxygen atoms in total. The number of halogens is 2. The first-order valence-electron chi connectivity index (χ1n) is 4.96. The van der Waals surface area contributed by atoms with Crippen molar-refractivity contribution in [3.8, 4) is 0 Å². The zero-order valence-corrected chi connectivity index (χ0v) is 10.1. The summed E-state index contributed by atoms with van der Waals surface area (Å²) in [5.41, 5.74) is 5.16. The van der Waals surface area contributed by atoms with Gasteiger partial charge in [-0.2, -0.15) is 0 Å². The summed E-state index contributed by atoms with van der Waals surface area (Å²) in [6.07, 6.45) is 0. The van der Waals surface area contributed by atoms with Crippen molar-refractivity contribution < 1.29 is 13.6 Å². The number of amides is 1. The summed E-state index contributed by atoms with van der Waals surface area (Å²) in [6, 6.07) is 2.38. The SMILES string of the molecule is Cc1ccc(F)c(NC(=O)c2csc(N)n2)c1F. The molecule has 0 saturated carbocycles. The number of carbonyl (C=O) groups excluding carboxylic acids is 1. The summed E-state index contributed by atoms with van der Waals surface area (Å²) in [5.74, 6) is -2.34. The van der Waals surface area contributed by atoms with Crippen molar-refractivity contribution in [2.75, 3.05) is 11.1 Å². The Kier molecular flexibility index (Phi) is 3.24. The second-order valence-corrected chi connectivity index (χ2v) is 4.47. The highest BCUT2D eigenvalue weighted by Crippen LogP contribution is 2.22. The standard InChI is InChI=1S/C11H9F2N3OS/c1-5-2-3-6(12)9(8(5)13)16-10(17)7-4-18-11(14)15-7/h2-4H,1H3,(H2,14,15)(H,16,17). The second kappa shape index (κ2) is 4.69. The predicted octanol–water partition coefficient (Wildman–Crippen LogP) is 2.56. The fourth-order valence-corrected chi connectivity index (χ4v) is 1.88. The summed E-state index contributed by atoms with van der Waals surface area (Å²) >= 11 is 1.07. The Bertz CT molecular complexity index is 612. The Labute approximate surface area is 105 Å². The van der Waals surface area contributed by atoms with Gasteiger partial charge in [0.25, 0.3) is 5.91 Å². The molecule has 1 aromatic heterocycles. The van der Waals surface area contributed by atoms with E-state index in [0.717, 1.165) is 17.4 Å². The Morgan fingerprint density at radius 2 is 2.17 bits per heavy atom. The van der Waals surface area contributed by atoms with E-state index in [-0.39, 0.29) is 16.4 Å². The molecule has 0 aliphatic carbocycles. The molecular weight excluding hydrogens is 260 g/mol. The first-order valence-corrected chi connectivity index (χ1v) is 5.84. The largest absolute Gasteiger partial charge is 0.375 e. The molecule has 1 amide bonds. The van der Waals surface area contributed by atoms with Gasteiger partial charge in [-0.1, -0.05) is 6.07 Å². The number of aryl methyl sites for hydroxylation is 1. The first kappa shape index (κ1) is 12.4. The van der Waals surface area contributed by atoms with Crippen molar-refractivity contribution in [2.24, 2.45) is 0 Å². The number of hydrogen-bond donors (Lipinski definition) is 2. The topological polar surface area (TPSA) is 68.0 Å². The van der Waals surface area contributed by atoms with Crippen LogP contribution >= 0.6 is 11.3 Å². The van der Waals surface area contributed by atoms with E-state index in [2.05, 4.69) is 10.3 Å². The lowest BCUT2D eigenvalue weighted by atomic mass is 10.2. The van der Waals surface area contributed by atoms with Gasteiger partial charge >= 0.3 is 0 Å². The zero-order valence-electron chi connectivity index (χ0n) is 9.33. The second-order valence-electron chi connectivity index (χ2n) is 3.58. The number of nitrogens with one attached hydrogen (secondary N) is 1. The van der Waals surface area contributed by atoms with Crippen LogP contribution in [0.1, 0.15) is 16.1 Å². The van der Waals surface area contributed by atoms with E-state index in [1.165, 1.54) is 18.4 Å². The summed E-state index contributed by atoms with van der Waals surface area (Å²) in [4.78, 5) is 15.4. The average Bonchev–Trinajstić information content (AvgIpc) is 2.76. The fourth-order valence-electron chi connectivity index (χ4n) is 1.34. The lowest BCUT2D eigenvalue weighted by Crippen LogP contribution is -2.15. The van der Waals surface area contributed by atoms with E-state index in [0.29, 0.717) is 0 Å². The Morgan fingerprint density at radius 3 is 2.78 bits per heavy atom. The number of benzene rings is 1. The van der Waals surface area contributed by atoms with Crippen LogP contribution in [0.5, 0.6) is 0 Å². The van der Waals surface area contributed by atoms with E-state index < -0.39 is 23.2 Å². The van der Waals surface area contributed by atoms with Crippen LogP contribution in [0.3, 0.4) is 0 Å². The molecule has 3 N–H and O–H groups in total. The maximum absolute atomic E-state index is 13.6. The molecule has 0 unspecified atom stereocenters. The van der Waals surface area contributed by atoms with Crippen LogP contribution in [0.4, 0.5) is 19.6 Å². The minimum Gasteiger partial charge on any atom is -0.375 e. The van der Waals surface area contributed by atoms with E-state index in [4.69, 9.17) is 5.73 Å². The van der Waals surface area contributed by atoms with Crippen LogP contribution in [0.25, 0.3) is 0 Å². The van der Waals surface area contributed by atoms with Gasteiger partial charge in [-0.3, -0.25) is 4.79 Å². The number of rotatable bonds is 2. The first-order chi connectivity index (χ1) is 8.49. The molecule has 0 spiro atoms. The number of nitrogens with two attached hydrogens (primary N) is 1. The minimum absolute atomic E-state index is 0.0257. The maximum Gasteiger partial charge on any atom is 0.275 e. The average molecular weight is 269 g/mol. The van der Waals surface area contributed by atoms with Crippen molar-refractivity contribution in [1.29, 1.82) is 0 Å². The normalized spacial score (nSPS) is 10.4. The predicted molar refractivity (Wildman–Crippen MR) is 65.6 cm³/mol. The number of anilines is 2. The molecule has 0 saturated heterocycles. The number of carbonyl (C=O) groups is 1. The molecule has 94 valence electrons. The molecule has 0 atom stereocenters. The third-order valence-electron chi connectivity index (χ3n) is 2.28. The molecule has 1 heterocycles. The number of nitrogens with zero attached hydrogens (tertiary/aromatic N) is 1. The van der Waals surface area contributed by atoms with Gasteiger partial charge in [-0.25, -0.2) is 13.8 Å². The highest BCUT2D eigenvalue weighted by Gasteiger charge is 2.16. The summed E-state index contributed by atoms with van der Waals surface area (Å²) in [7, 11) is 0. The molecule has 0 radical (unpaired) electrons. The van der Waals surface area contributed by atoms with Gasteiger partial charge in [0.05, 0.1) is 0 Å². The molecule has 2 aromatic rings. The molecule has 0 bridgehead atoms. The number of thiazole rings is 1. The number of hydrogen-bond acceptors (Lipinski definition) is 4. The maximum atomic E-state index is 13.6. The van der Waals surface area contributed by atoms with Gasteiger partial charge in [-0.05, 0) is 18.6 Å². The summed E-state index contributed by atoms with van der Waals surface area (Å²) < 4.78 is 27.1. The minimum atomic E-state index is -0.838. The molecular formula is C11H9F2N3OS. The van der Waals surface area contributed by atoms with Crippen molar-refractivity contribution >= 4 is 28.1 Å². The van der Waals surface area contributed by atoms with Gasteiger partial charge in [0, 0.05) is 5.38 Å². The fraction of sp³-hybridized carbons (Fsp3) is 0.0909. The molecule has 0 aliphatic rings. The Morgan fingerprint density at radius 1 is 1.44 bits per heavy atom. The third-order valence-corrected chi connectivity index (χ3v) is 2.95. The monoisotopic (exact) mass is 269 g/mol. The van der Waals surface area contributed by atoms with Gasteiger partial charge in [0.1, 0.15) is 17.2 Å². The van der Waals surface area contributed by atoms with E-state index in [1.807, 2.05) is 0 Å². The zero-order chi connectivity index (χ0) is 13.3. The number of nitrogen functional groups attached to an aromatic ring is 1. The molecule has 2 rings (SSSR count). The Balaban J connectivity index is 2.30. The van der Waals surface area contributed by atoms with Crippen LogP contribution in [-0.4, -0.2) is 10.9 Å². The summed E-state index contributed by atoms with van der Waals surface area (Å²) in [6.45, 7) is 1.48. The third kappa shape index (κ3) is 2.30. The van der Waals surface area contributed by atoms with Crippen molar-refractivity contribution in [2.45, 2.75) is 6.92 Å². The molecule has 7 heteroatoms. The lowest BCUT2D eigenvalue weighted by Gasteiger charge is -2.07. The Hall–Kier alpha value is -2.02. The van der Waals surface area contributed by atoms with Crippen LogP contribution < -0.4 is 11.1 Å². The van der Waals surface area contributed by atoms with Crippen LogP contribution in [-0.2, 0) is 0 Å². The number of aromatic nitrogens is 1. The van der Waals surface area contributed by atoms with E-state index >= 15 is 0 Å². The van der Waals surface area contributed by atoms with Crippen molar-refractivity contribution in [3.63, 3.8) is 0 Å². The highest BCUT2D eigenvalue weighted by molar-refractivity contribution is 7.13. The molecule has 0 fully saturated rings. The van der Waals surface area contributed by atoms with Crippen LogP contribution in [0.15, 0.2) is 17.5 Å². The molecule has 0 aliphatic heterocycles. The molecule has 1 aromatic carbocycles. The highest BCUT2D eigenvalue weighted by atomic mass is 32.1. The van der Waals surface area contributed by atoms with Gasteiger partial charge in [0.2, 0.25) is 0 Å². The van der Waals surface area contributed by atoms with Gasteiger partial charge < -0.3 is 11.1 Å². The molecule has 18 heavy (non-hydrogen) atoms. The smallest absolute Gasteiger partial charge is 0.275 e.